The number of nitrogens with zero attached hydrogens (tertiary/aromatic N) is 3. The van der Waals surface area contributed by atoms with Gasteiger partial charge in [-0.25, -0.2) is 18.7 Å². The van der Waals surface area contributed by atoms with Gasteiger partial charge in [-0.05, 0) is 48.4 Å². The Hall–Kier alpha value is -3.55. The van der Waals surface area contributed by atoms with Crippen molar-refractivity contribution in [2.45, 2.75) is 25.2 Å². The van der Waals surface area contributed by atoms with Gasteiger partial charge in [-0.3, -0.25) is 9.78 Å². The van der Waals surface area contributed by atoms with Gasteiger partial charge in [0.05, 0.1) is 11.3 Å². The summed E-state index contributed by atoms with van der Waals surface area (Å²) >= 11 is 0. The summed E-state index contributed by atoms with van der Waals surface area (Å²) in [6, 6.07) is 7.11. The lowest BCUT2D eigenvalue weighted by Crippen LogP contribution is -2.23. The summed E-state index contributed by atoms with van der Waals surface area (Å²) in [5.41, 5.74) is 2.77. The van der Waals surface area contributed by atoms with Gasteiger partial charge in [-0.1, -0.05) is 12.1 Å². The zero-order chi connectivity index (χ0) is 19.4. The highest BCUT2D eigenvalue weighted by Crippen LogP contribution is 2.56. The van der Waals surface area contributed by atoms with Gasteiger partial charge in [-0.15, -0.1) is 0 Å². The van der Waals surface area contributed by atoms with Crippen LogP contribution in [0.3, 0.4) is 0 Å². The van der Waals surface area contributed by atoms with Gasteiger partial charge in [0, 0.05) is 24.2 Å². The number of aromatic amines is 2. The van der Waals surface area contributed by atoms with Crippen LogP contribution in [0, 0.1) is 12.7 Å². The second-order valence-electron chi connectivity index (χ2n) is 7.14. The third-order valence-electron chi connectivity index (χ3n) is 5.23. The molecule has 2 N–H and O–H groups in total. The molecular weight excluding hydrogens is 361 g/mol. The maximum absolute atomic E-state index is 14.4. The molecule has 1 fully saturated rings. The Bertz CT molecular complexity index is 1340. The van der Waals surface area contributed by atoms with Crippen molar-refractivity contribution in [1.29, 1.82) is 0 Å². The normalized spacial score (nSPS) is 18.5. The van der Waals surface area contributed by atoms with Gasteiger partial charge in [-0.2, -0.15) is 5.10 Å². The second kappa shape index (κ2) is 5.98. The molecule has 0 radical (unpaired) electrons. The quantitative estimate of drug-likeness (QED) is 0.573. The number of hydrogen-bond donors (Lipinski definition) is 2. The number of fused-ring (bicyclic) bond motifs is 1. The number of aromatic nitrogens is 5. The lowest BCUT2D eigenvalue weighted by atomic mass is 10.0. The molecule has 0 amide bonds. The van der Waals surface area contributed by atoms with Crippen LogP contribution in [0.15, 0.2) is 52.4 Å². The summed E-state index contributed by atoms with van der Waals surface area (Å²) in [5, 5.41) is 4.43. The van der Waals surface area contributed by atoms with Crippen LogP contribution in [-0.2, 0) is 0 Å². The topological polar surface area (TPSA) is 95.9 Å². The molecule has 0 spiro atoms. The molecular formula is C20H16FN5O2. The molecule has 7 nitrogen and oxygen atoms in total. The van der Waals surface area contributed by atoms with Gasteiger partial charge in [0.1, 0.15) is 5.82 Å². The van der Waals surface area contributed by atoms with Gasteiger partial charge in [0.15, 0.2) is 5.65 Å². The van der Waals surface area contributed by atoms with E-state index in [1.165, 1.54) is 6.20 Å². The highest BCUT2D eigenvalue weighted by Gasteiger charge is 2.42. The van der Waals surface area contributed by atoms with E-state index in [9.17, 15) is 14.0 Å². The first-order chi connectivity index (χ1) is 13.5. The van der Waals surface area contributed by atoms with Crippen LogP contribution in [0.25, 0.3) is 16.9 Å². The van der Waals surface area contributed by atoms with Crippen molar-refractivity contribution in [1.82, 2.24) is 24.6 Å². The molecule has 4 aromatic rings. The SMILES string of the molecule is Cc1ccc([C@H]2C[C@@H]2c2cc(-c3c[nH]c(=O)[nH]c3=O)nn3ccnc23)c(F)c1. The minimum atomic E-state index is -0.574. The Morgan fingerprint density at radius 1 is 1.18 bits per heavy atom. The third-order valence-corrected chi connectivity index (χ3v) is 5.23. The number of hydrogen-bond acceptors (Lipinski definition) is 4. The van der Waals surface area contributed by atoms with Crippen LogP contribution in [0.5, 0.6) is 0 Å². The van der Waals surface area contributed by atoms with Crippen molar-refractivity contribution < 1.29 is 4.39 Å². The molecule has 28 heavy (non-hydrogen) atoms. The molecule has 3 heterocycles. The fourth-order valence-electron chi connectivity index (χ4n) is 3.76. The van der Waals surface area contributed by atoms with Crippen molar-refractivity contribution in [3.05, 3.63) is 86.2 Å². The molecule has 2 atom stereocenters. The Balaban J connectivity index is 1.61. The van der Waals surface area contributed by atoms with Gasteiger partial charge in [0.25, 0.3) is 5.56 Å². The fraction of sp³-hybridized carbons (Fsp3) is 0.200. The molecule has 5 rings (SSSR count). The first-order valence-corrected chi connectivity index (χ1v) is 8.94. The van der Waals surface area contributed by atoms with E-state index in [-0.39, 0.29) is 23.2 Å². The average molecular weight is 377 g/mol. The summed E-state index contributed by atoms with van der Waals surface area (Å²) in [6.07, 6.45) is 5.48. The molecule has 3 aromatic heterocycles. The minimum absolute atomic E-state index is 0.0604. The lowest BCUT2D eigenvalue weighted by Gasteiger charge is -2.08. The number of imidazole rings is 1. The number of halogens is 1. The molecule has 0 saturated heterocycles. The zero-order valence-electron chi connectivity index (χ0n) is 14.9. The highest BCUT2D eigenvalue weighted by molar-refractivity contribution is 5.63. The predicted octanol–water partition coefficient (Wildman–Crippen LogP) is 2.49. The first-order valence-electron chi connectivity index (χ1n) is 8.94. The fourth-order valence-corrected chi connectivity index (χ4v) is 3.76. The summed E-state index contributed by atoms with van der Waals surface area (Å²) in [7, 11) is 0. The van der Waals surface area contributed by atoms with Crippen molar-refractivity contribution in [3.63, 3.8) is 0 Å². The van der Waals surface area contributed by atoms with Crippen LogP contribution >= 0.6 is 0 Å². The van der Waals surface area contributed by atoms with Gasteiger partial charge >= 0.3 is 5.69 Å². The molecule has 8 heteroatoms. The van der Waals surface area contributed by atoms with Crippen molar-refractivity contribution in [2.75, 3.05) is 0 Å². The van der Waals surface area contributed by atoms with E-state index in [2.05, 4.69) is 20.1 Å². The summed E-state index contributed by atoms with van der Waals surface area (Å²) in [4.78, 5) is 32.5. The lowest BCUT2D eigenvalue weighted by molar-refractivity contribution is 0.608. The van der Waals surface area contributed by atoms with Crippen LogP contribution in [-0.4, -0.2) is 24.6 Å². The molecule has 0 bridgehead atoms. The Morgan fingerprint density at radius 2 is 2.00 bits per heavy atom. The molecule has 1 aliphatic rings. The third kappa shape index (κ3) is 2.65. The van der Waals surface area contributed by atoms with E-state index in [0.717, 1.165) is 17.5 Å². The molecule has 140 valence electrons. The van der Waals surface area contributed by atoms with E-state index in [0.29, 0.717) is 16.9 Å². The molecule has 1 aromatic carbocycles. The first kappa shape index (κ1) is 16.6. The Labute approximate surface area is 157 Å². The second-order valence-corrected chi connectivity index (χ2v) is 7.14. The number of rotatable bonds is 3. The number of benzene rings is 1. The summed E-state index contributed by atoms with van der Waals surface area (Å²) < 4.78 is 16.0. The highest BCUT2D eigenvalue weighted by atomic mass is 19.1. The average Bonchev–Trinajstić information content (AvgIpc) is 3.28. The van der Waals surface area contributed by atoms with Crippen LogP contribution in [0.2, 0.25) is 0 Å². The Kier molecular flexibility index (Phi) is 3.55. The van der Waals surface area contributed by atoms with Crippen molar-refractivity contribution in [2.24, 2.45) is 0 Å². The molecule has 0 aliphatic heterocycles. The van der Waals surface area contributed by atoms with E-state index >= 15 is 0 Å². The maximum atomic E-state index is 14.4. The molecule has 1 aliphatic carbocycles. The van der Waals surface area contributed by atoms with Gasteiger partial charge < -0.3 is 4.98 Å². The van der Waals surface area contributed by atoms with Crippen molar-refractivity contribution in [3.8, 4) is 11.3 Å². The predicted molar refractivity (Wildman–Crippen MR) is 101 cm³/mol. The molecule has 0 unspecified atom stereocenters. The maximum Gasteiger partial charge on any atom is 0.325 e. The smallest absolute Gasteiger partial charge is 0.313 e. The summed E-state index contributed by atoms with van der Waals surface area (Å²) in [6.45, 7) is 1.86. The standard InChI is InChI=1S/C20H16FN5O2/c1-10-2-3-11(16(21)6-10)12-7-13(12)14-8-17(25-26-5-4-22-18(14)26)15-9-23-20(28)24-19(15)27/h2-6,8-9,12-13H,7H2,1H3,(H2,23,24,27,28)/t12-,13+/m1/s1. The Morgan fingerprint density at radius 3 is 2.79 bits per heavy atom. The van der Waals surface area contributed by atoms with E-state index in [4.69, 9.17) is 0 Å². The van der Waals surface area contributed by atoms with E-state index in [1.54, 1.807) is 23.0 Å². The largest absolute Gasteiger partial charge is 0.325 e. The van der Waals surface area contributed by atoms with E-state index < -0.39 is 11.2 Å². The summed E-state index contributed by atoms with van der Waals surface area (Å²) in [5.74, 6) is -0.0471. The number of aryl methyl sites for hydroxylation is 1. The number of H-pyrrole nitrogens is 2. The van der Waals surface area contributed by atoms with Crippen LogP contribution in [0.4, 0.5) is 4.39 Å². The number of nitrogens with one attached hydrogen (secondary N) is 2. The zero-order valence-corrected chi connectivity index (χ0v) is 14.9. The van der Waals surface area contributed by atoms with Crippen LogP contribution < -0.4 is 11.2 Å². The van der Waals surface area contributed by atoms with Crippen molar-refractivity contribution >= 4 is 5.65 Å². The van der Waals surface area contributed by atoms with E-state index in [1.807, 2.05) is 25.1 Å². The van der Waals surface area contributed by atoms with Gasteiger partial charge in [0.2, 0.25) is 0 Å². The van der Waals surface area contributed by atoms with Crippen LogP contribution in [0.1, 0.15) is 34.9 Å². The monoisotopic (exact) mass is 377 g/mol. The minimum Gasteiger partial charge on any atom is -0.313 e. The molecule has 1 saturated carbocycles.